The van der Waals surface area contributed by atoms with Crippen LogP contribution in [0.3, 0.4) is 0 Å². The first-order chi connectivity index (χ1) is 9.24. The van der Waals surface area contributed by atoms with Gasteiger partial charge in [-0.25, -0.2) is 0 Å². The number of carbonyl (C=O) groups is 1. The second kappa shape index (κ2) is 7.79. The standard InChI is InChI=1S/C13H24N2O4/c16-11(8-18-9-12-2-1-5-19-12)7-14-10-3-4-13(17)15-6-10/h10-12,14,16H,1-9H2,(H,15,17). The molecule has 0 spiro atoms. The van der Waals surface area contributed by atoms with E-state index in [0.717, 1.165) is 25.9 Å². The summed E-state index contributed by atoms with van der Waals surface area (Å²) in [4.78, 5) is 11.0. The molecule has 0 aromatic carbocycles. The maximum absolute atomic E-state index is 11.0. The summed E-state index contributed by atoms with van der Waals surface area (Å²) >= 11 is 0. The highest BCUT2D eigenvalue weighted by Gasteiger charge is 2.19. The molecule has 2 aliphatic rings. The Morgan fingerprint density at radius 1 is 1.53 bits per heavy atom. The fourth-order valence-corrected chi connectivity index (χ4v) is 2.38. The van der Waals surface area contributed by atoms with Crippen LogP contribution in [0, 0.1) is 0 Å². The number of aliphatic hydroxyl groups is 1. The topological polar surface area (TPSA) is 79.8 Å². The first-order valence-corrected chi connectivity index (χ1v) is 7.11. The summed E-state index contributed by atoms with van der Waals surface area (Å²) in [6.45, 7) is 2.85. The first kappa shape index (κ1) is 14.7. The molecule has 0 aromatic heterocycles. The normalized spacial score (nSPS) is 29.2. The molecule has 110 valence electrons. The van der Waals surface area contributed by atoms with Gasteiger partial charge in [0.1, 0.15) is 0 Å². The summed E-state index contributed by atoms with van der Waals surface area (Å²) in [5.74, 6) is 0.110. The van der Waals surface area contributed by atoms with Gasteiger partial charge in [0.25, 0.3) is 0 Å². The zero-order valence-corrected chi connectivity index (χ0v) is 11.3. The monoisotopic (exact) mass is 272 g/mol. The lowest BCUT2D eigenvalue weighted by molar-refractivity contribution is -0.122. The van der Waals surface area contributed by atoms with Crippen LogP contribution in [-0.4, -0.2) is 62.2 Å². The number of hydrogen-bond acceptors (Lipinski definition) is 5. The van der Waals surface area contributed by atoms with E-state index in [4.69, 9.17) is 9.47 Å². The second-order valence-corrected chi connectivity index (χ2v) is 5.27. The highest BCUT2D eigenvalue weighted by atomic mass is 16.5. The number of ether oxygens (including phenoxy) is 2. The molecule has 1 amide bonds. The molecule has 0 aromatic rings. The number of piperidine rings is 1. The third-order valence-corrected chi connectivity index (χ3v) is 3.55. The van der Waals surface area contributed by atoms with Gasteiger partial charge in [-0.2, -0.15) is 0 Å². The molecule has 0 bridgehead atoms. The molecule has 2 rings (SSSR count). The van der Waals surface area contributed by atoms with Crippen molar-refractivity contribution >= 4 is 5.91 Å². The van der Waals surface area contributed by atoms with Gasteiger partial charge in [-0.1, -0.05) is 0 Å². The minimum Gasteiger partial charge on any atom is -0.389 e. The van der Waals surface area contributed by atoms with Crippen LogP contribution in [0.5, 0.6) is 0 Å². The van der Waals surface area contributed by atoms with E-state index in [1.54, 1.807) is 0 Å². The number of carbonyl (C=O) groups excluding carboxylic acids is 1. The van der Waals surface area contributed by atoms with E-state index in [2.05, 4.69) is 10.6 Å². The minimum atomic E-state index is -0.515. The molecule has 0 radical (unpaired) electrons. The van der Waals surface area contributed by atoms with Gasteiger partial charge in [-0.05, 0) is 19.3 Å². The fraction of sp³-hybridized carbons (Fsp3) is 0.923. The van der Waals surface area contributed by atoms with Gasteiger partial charge in [0.15, 0.2) is 0 Å². The van der Waals surface area contributed by atoms with Crippen molar-refractivity contribution in [3.05, 3.63) is 0 Å². The van der Waals surface area contributed by atoms with Crippen LogP contribution in [-0.2, 0) is 14.3 Å². The SMILES string of the molecule is O=C1CCC(NCC(O)COCC2CCCO2)CN1. The summed E-state index contributed by atoms with van der Waals surface area (Å²) in [5.41, 5.74) is 0. The lowest BCUT2D eigenvalue weighted by Crippen LogP contribution is -2.48. The van der Waals surface area contributed by atoms with Crippen LogP contribution >= 0.6 is 0 Å². The summed E-state index contributed by atoms with van der Waals surface area (Å²) < 4.78 is 10.9. The first-order valence-electron chi connectivity index (χ1n) is 7.11. The van der Waals surface area contributed by atoms with E-state index >= 15 is 0 Å². The van der Waals surface area contributed by atoms with Gasteiger partial charge in [0.2, 0.25) is 5.91 Å². The Balaban J connectivity index is 1.49. The van der Waals surface area contributed by atoms with Crippen molar-refractivity contribution in [2.45, 2.75) is 43.9 Å². The molecule has 19 heavy (non-hydrogen) atoms. The largest absolute Gasteiger partial charge is 0.389 e. The molecule has 3 unspecified atom stereocenters. The molecule has 0 aliphatic carbocycles. The highest BCUT2D eigenvalue weighted by molar-refractivity contribution is 5.76. The zero-order valence-electron chi connectivity index (χ0n) is 11.3. The molecule has 2 fully saturated rings. The Morgan fingerprint density at radius 2 is 2.42 bits per heavy atom. The number of nitrogens with one attached hydrogen (secondary N) is 2. The number of aliphatic hydroxyl groups excluding tert-OH is 1. The Kier molecular flexibility index (Phi) is 6.03. The molecule has 2 heterocycles. The van der Waals surface area contributed by atoms with Crippen molar-refractivity contribution < 1.29 is 19.4 Å². The Labute approximate surface area is 113 Å². The van der Waals surface area contributed by atoms with Crippen LogP contribution < -0.4 is 10.6 Å². The van der Waals surface area contributed by atoms with Crippen molar-refractivity contribution in [3.8, 4) is 0 Å². The quantitative estimate of drug-likeness (QED) is 0.577. The molecule has 6 heteroatoms. The predicted octanol–water partition coefficient (Wildman–Crippen LogP) is -0.589. The van der Waals surface area contributed by atoms with E-state index in [9.17, 15) is 9.90 Å². The molecule has 3 atom stereocenters. The average molecular weight is 272 g/mol. The van der Waals surface area contributed by atoms with Crippen molar-refractivity contribution in [1.29, 1.82) is 0 Å². The van der Waals surface area contributed by atoms with Crippen molar-refractivity contribution in [2.75, 3.05) is 32.9 Å². The fourth-order valence-electron chi connectivity index (χ4n) is 2.38. The van der Waals surface area contributed by atoms with Gasteiger partial charge < -0.3 is 25.2 Å². The molecule has 2 aliphatic heterocycles. The Bertz CT molecular complexity index is 272. The van der Waals surface area contributed by atoms with Crippen LogP contribution in [0.15, 0.2) is 0 Å². The summed E-state index contributed by atoms with van der Waals surface area (Å²) in [6.07, 6.45) is 3.23. The molecule has 6 nitrogen and oxygen atoms in total. The summed E-state index contributed by atoms with van der Waals surface area (Å²) in [5, 5.41) is 15.8. The molecule has 0 saturated carbocycles. The summed E-state index contributed by atoms with van der Waals surface area (Å²) in [6, 6.07) is 0.255. The smallest absolute Gasteiger partial charge is 0.220 e. The maximum Gasteiger partial charge on any atom is 0.220 e. The van der Waals surface area contributed by atoms with E-state index in [0.29, 0.717) is 32.7 Å². The molecule has 2 saturated heterocycles. The maximum atomic E-state index is 11.0. The lowest BCUT2D eigenvalue weighted by Gasteiger charge is -2.24. The highest BCUT2D eigenvalue weighted by Crippen LogP contribution is 2.11. The van der Waals surface area contributed by atoms with Gasteiger partial charge in [-0.3, -0.25) is 4.79 Å². The third-order valence-electron chi connectivity index (χ3n) is 3.55. The Morgan fingerprint density at radius 3 is 3.11 bits per heavy atom. The van der Waals surface area contributed by atoms with E-state index < -0.39 is 6.10 Å². The van der Waals surface area contributed by atoms with Gasteiger partial charge in [0, 0.05) is 32.2 Å². The van der Waals surface area contributed by atoms with E-state index in [1.807, 2.05) is 0 Å². The zero-order chi connectivity index (χ0) is 13.5. The lowest BCUT2D eigenvalue weighted by atomic mass is 10.1. The number of rotatable bonds is 7. The van der Waals surface area contributed by atoms with Gasteiger partial charge >= 0.3 is 0 Å². The third kappa shape index (κ3) is 5.44. The van der Waals surface area contributed by atoms with Crippen LogP contribution in [0.2, 0.25) is 0 Å². The van der Waals surface area contributed by atoms with Crippen LogP contribution in [0.1, 0.15) is 25.7 Å². The Hall–Kier alpha value is -0.690. The van der Waals surface area contributed by atoms with E-state index in [-0.39, 0.29) is 18.1 Å². The van der Waals surface area contributed by atoms with Crippen molar-refractivity contribution in [2.24, 2.45) is 0 Å². The summed E-state index contributed by atoms with van der Waals surface area (Å²) in [7, 11) is 0. The minimum absolute atomic E-state index is 0.110. The molecular weight excluding hydrogens is 248 g/mol. The van der Waals surface area contributed by atoms with Crippen molar-refractivity contribution in [1.82, 2.24) is 10.6 Å². The van der Waals surface area contributed by atoms with Crippen molar-refractivity contribution in [3.63, 3.8) is 0 Å². The average Bonchev–Trinajstić information content (AvgIpc) is 2.91. The van der Waals surface area contributed by atoms with Crippen LogP contribution in [0.4, 0.5) is 0 Å². The number of hydrogen-bond donors (Lipinski definition) is 3. The van der Waals surface area contributed by atoms with Gasteiger partial charge in [-0.15, -0.1) is 0 Å². The number of amides is 1. The van der Waals surface area contributed by atoms with Crippen LogP contribution in [0.25, 0.3) is 0 Å². The second-order valence-electron chi connectivity index (χ2n) is 5.27. The predicted molar refractivity (Wildman–Crippen MR) is 69.8 cm³/mol. The van der Waals surface area contributed by atoms with Gasteiger partial charge in [0.05, 0.1) is 25.4 Å². The molecular formula is C13H24N2O4. The molecule has 3 N–H and O–H groups in total. The van der Waals surface area contributed by atoms with E-state index in [1.165, 1.54) is 0 Å².